The molecule has 0 unspecified atom stereocenters. The third-order valence-corrected chi connectivity index (χ3v) is 6.08. The van der Waals surface area contributed by atoms with Crippen LogP contribution in [0, 0.1) is 0 Å². The van der Waals surface area contributed by atoms with E-state index in [1.807, 2.05) is 0 Å². The van der Waals surface area contributed by atoms with Crippen LogP contribution >= 0.6 is 0 Å². The maximum atomic E-state index is 13.6. The number of guanidine groups is 1. The standard InChI is InChI=1S/C23H42N6O5/c1-2-3-4-5-6-7-13-28(17(16-30)10-8-12-27-23(25)26)22(34)19-11-9-14-29(19)21(33)18(24)15-20(31)32/h16-19H,2-15,24H2,1H3,(H,31,32)(H4,25,26,27)/t17-,18-,19-/m0/s1. The van der Waals surface area contributed by atoms with Gasteiger partial charge in [-0.05, 0) is 32.1 Å². The summed E-state index contributed by atoms with van der Waals surface area (Å²) in [5, 5.41) is 8.97. The minimum absolute atomic E-state index is 0.0273. The Morgan fingerprint density at radius 3 is 2.44 bits per heavy atom. The van der Waals surface area contributed by atoms with Gasteiger partial charge in [0, 0.05) is 19.6 Å². The molecule has 1 heterocycles. The smallest absolute Gasteiger partial charge is 0.305 e. The maximum Gasteiger partial charge on any atom is 0.305 e. The van der Waals surface area contributed by atoms with E-state index >= 15 is 0 Å². The Hall–Kier alpha value is -2.69. The average molecular weight is 483 g/mol. The predicted octanol–water partition coefficient (Wildman–Crippen LogP) is 0.590. The number of nitrogens with two attached hydrogens (primary N) is 3. The lowest BCUT2D eigenvalue weighted by atomic mass is 10.1. The molecular formula is C23H42N6O5. The quantitative estimate of drug-likeness (QED) is 0.100. The summed E-state index contributed by atoms with van der Waals surface area (Å²) in [4.78, 5) is 56.1. The molecule has 1 fully saturated rings. The Labute approximate surface area is 202 Å². The van der Waals surface area contributed by atoms with Crippen molar-refractivity contribution in [1.29, 1.82) is 0 Å². The van der Waals surface area contributed by atoms with E-state index in [1.165, 1.54) is 11.3 Å². The Morgan fingerprint density at radius 2 is 1.82 bits per heavy atom. The molecule has 1 aliphatic heterocycles. The predicted molar refractivity (Wildman–Crippen MR) is 130 cm³/mol. The van der Waals surface area contributed by atoms with Crippen molar-refractivity contribution in [3.63, 3.8) is 0 Å². The number of hydrogen-bond donors (Lipinski definition) is 4. The number of carbonyl (C=O) groups is 4. The molecule has 11 nitrogen and oxygen atoms in total. The monoisotopic (exact) mass is 482 g/mol. The number of carboxylic acid groups (broad SMARTS) is 1. The highest BCUT2D eigenvalue weighted by atomic mass is 16.4. The van der Waals surface area contributed by atoms with E-state index in [1.54, 1.807) is 4.90 Å². The number of unbranched alkanes of at least 4 members (excludes halogenated alkanes) is 5. The van der Waals surface area contributed by atoms with E-state index < -0.39 is 36.4 Å². The van der Waals surface area contributed by atoms with E-state index in [-0.39, 0.29) is 11.9 Å². The lowest BCUT2D eigenvalue weighted by Gasteiger charge is -2.34. The van der Waals surface area contributed by atoms with Crippen molar-refractivity contribution < 1.29 is 24.3 Å². The molecule has 0 bridgehead atoms. The number of hydrogen-bond acceptors (Lipinski definition) is 6. The van der Waals surface area contributed by atoms with Crippen molar-refractivity contribution in [3.05, 3.63) is 0 Å². The lowest BCUT2D eigenvalue weighted by molar-refractivity contribution is -0.148. The van der Waals surface area contributed by atoms with E-state index in [4.69, 9.17) is 22.3 Å². The number of nitrogens with zero attached hydrogens (tertiary/aromatic N) is 3. The van der Waals surface area contributed by atoms with Gasteiger partial charge >= 0.3 is 5.97 Å². The number of carboxylic acids is 1. The van der Waals surface area contributed by atoms with Crippen LogP contribution in [0.2, 0.25) is 0 Å². The van der Waals surface area contributed by atoms with Gasteiger partial charge in [-0.1, -0.05) is 39.0 Å². The number of amides is 2. The molecule has 1 rings (SSSR count). The van der Waals surface area contributed by atoms with Crippen LogP contribution in [0.5, 0.6) is 0 Å². The molecule has 0 spiro atoms. The number of aldehydes is 1. The van der Waals surface area contributed by atoms with Crippen LogP contribution in [-0.2, 0) is 19.2 Å². The summed E-state index contributed by atoms with van der Waals surface area (Å²) in [6.45, 7) is 3.25. The van der Waals surface area contributed by atoms with Crippen molar-refractivity contribution in [1.82, 2.24) is 9.80 Å². The minimum Gasteiger partial charge on any atom is -0.481 e. The molecule has 11 heteroatoms. The number of rotatable bonds is 17. The van der Waals surface area contributed by atoms with E-state index in [0.29, 0.717) is 45.3 Å². The fourth-order valence-electron chi connectivity index (χ4n) is 4.27. The first-order chi connectivity index (χ1) is 16.2. The summed E-state index contributed by atoms with van der Waals surface area (Å²) in [6, 6.07) is -2.60. The Morgan fingerprint density at radius 1 is 1.15 bits per heavy atom. The minimum atomic E-state index is -1.21. The second-order valence-corrected chi connectivity index (χ2v) is 8.85. The highest BCUT2D eigenvalue weighted by Gasteiger charge is 2.40. The van der Waals surface area contributed by atoms with E-state index in [9.17, 15) is 19.2 Å². The van der Waals surface area contributed by atoms with Crippen LogP contribution in [0.1, 0.15) is 77.6 Å². The van der Waals surface area contributed by atoms with Gasteiger partial charge in [0.05, 0.1) is 18.5 Å². The van der Waals surface area contributed by atoms with Gasteiger partial charge in [-0.15, -0.1) is 0 Å². The van der Waals surface area contributed by atoms with Crippen LogP contribution < -0.4 is 17.2 Å². The molecular weight excluding hydrogens is 440 g/mol. The zero-order valence-corrected chi connectivity index (χ0v) is 20.4. The highest BCUT2D eigenvalue weighted by molar-refractivity contribution is 5.92. The first-order valence-corrected chi connectivity index (χ1v) is 12.3. The van der Waals surface area contributed by atoms with Crippen molar-refractivity contribution in [2.45, 2.75) is 95.7 Å². The van der Waals surface area contributed by atoms with Gasteiger partial charge in [0.25, 0.3) is 0 Å². The fraction of sp³-hybridized carbons (Fsp3) is 0.783. The Kier molecular flexibility index (Phi) is 13.8. The van der Waals surface area contributed by atoms with Gasteiger partial charge in [-0.25, -0.2) is 0 Å². The summed E-state index contributed by atoms with van der Waals surface area (Å²) in [5.41, 5.74) is 16.5. The zero-order valence-electron chi connectivity index (χ0n) is 20.4. The second-order valence-electron chi connectivity index (χ2n) is 8.85. The zero-order chi connectivity index (χ0) is 25.5. The van der Waals surface area contributed by atoms with Gasteiger partial charge in [-0.2, -0.15) is 0 Å². The van der Waals surface area contributed by atoms with Gasteiger partial charge in [0.15, 0.2) is 5.96 Å². The number of aliphatic imine (C=N–C) groups is 1. The number of aliphatic carboxylic acids is 1. The van der Waals surface area contributed by atoms with Crippen LogP contribution in [-0.4, -0.2) is 82.7 Å². The first-order valence-electron chi connectivity index (χ1n) is 12.3. The normalized spacial score (nSPS) is 17.1. The molecule has 3 atom stereocenters. The summed E-state index contributed by atoms with van der Waals surface area (Å²) >= 11 is 0. The summed E-state index contributed by atoms with van der Waals surface area (Å²) in [5.74, 6) is -2.04. The molecule has 194 valence electrons. The molecule has 0 aliphatic carbocycles. The van der Waals surface area contributed by atoms with E-state index in [0.717, 1.165) is 38.4 Å². The van der Waals surface area contributed by atoms with Gasteiger partial charge in [0.2, 0.25) is 11.8 Å². The summed E-state index contributed by atoms with van der Waals surface area (Å²) in [6.07, 6.45) is 8.47. The highest BCUT2D eigenvalue weighted by Crippen LogP contribution is 2.23. The lowest BCUT2D eigenvalue weighted by Crippen LogP contribution is -2.54. The van der Waals surface area contributed by atoms with E-state index in [2.05, 4.69) is 11.9 Å². The Balaban J connectivity index is 2.92. The third kappa shape index (κ3) is 10.1. The molecule has 0 radical (unpaired) electrons. The van der Waals surface area contributed by atoms with Gasteiger partial charge in [0.1, 0.15) is 12.3 Å². The van der Waals surface area contributed by atoms with Crippen LogP contribution in [0.4, 0.5) is 0 Å². The second kappa shape index (κ2) is 16.0. The number of likely N-dealkylation sites (tertiary alicyclic amines) is 1. The molecule has 0 aromatic carbocycles. The molecule has 2 amide bonds. The van der Waals surface area contributed by atoms with Crippen LogP contribution in [0.25, 0.3) is 0 Å². The van der Waals surface area contributed by atoms with Crippen molar-refractivity contribution in [2.75, 3.05) is 19.6 Å². The molecule has 7 N–H and O–H groups in total. The SMILES string of the molecule is CCCCCCCCN(C(=O)[C@@H]1CCCN1C(=O)[C@@H](N)CC(=O)O)[C@H](C=O)CCCN=C(N)N. The molecule has 0 aromatic heterocycles. The van der Waals surface area contributed by atoms with Crippen LogP contribution in [0.15, 0.2) is 4.99 Å². The number of carbonyl (C=O) groups excluding carboxylic acids is 3. The largest absolute Gasteiger partial charge is 0.481 e. The molecule has 1 aliphatic rings. The van der Waals surface area contributed by atoms with Crippen molar-refractivity contribution >= 4 is 30.0 Å². The fourth-order valence-corrected chi connectivity index (χ4v) is 4.27. The summed E-state index contributed by atoms with van der Waals surface area (Å²) in [7, 11) is 0. The molecule has 0 saturated carbocycles. The molecule has 34 heavy (non-hydrogen) atoms. The van der Waals surface area contributed by atoms with Crippen molar-refractivity contribution in [2.24, 2.45) is 22.2 Å². The van der Waals surface area contributed by atoms with Crippen molar-refractivity contribution in [3.8, 4) is 0 Å². The molecule has 0 aromatic rings. The molecule has 1 saturated heterocycles. The average Bonchev–Trinajstić information content (AvgIpc) is 3.27. The maximum absolute atomic E-state index is 13.6. The van der Waals surface area contributed by atoms with Crippen LogP contribution in [0.3, 0.4) is 0 Å². The topological polar surface area (TPSA) is 185 Å². The Bertz CT molecular complexity index is 697. The summed E-state index contributed by atoms with van der Waals surface area (Å²) < 4.78 is 0. The van der Waals surface area contributed by atoms with Gasteiger partial charge in [-0.3, -0.25) is 19.4 Å². The van der Waals surface area contributed by atoms with Gasteiger partial charge < -0.3 is 36.9 Å². The first kappa shape index (κ1) is 29.3. The third-order valence-electron chi connectivity index (χ3n) is 6.08.